The van der Waals surface area contributed by atoms with Gasteiger partial charge >= 0.3 is 0 Å². The molecule has 1 unspecified atom stereocenters. The predicted molar refractivity (Wildman–Crippen MR) is 77.2 cm³/mol. The van der Waals surface area contributed by atoms with E-state index in [2.05, 4.69) is 19.2 Å². The van der Waals surface area contributed by atoms with Gasteiger partial charge in [0.25, 0.3) is 5.69 Å². The summed E-state index contributed by atoms with van der Waals surface area (Å²) in [5.41, 5.74) is 6.24. The number of nitro benzene ring substituents is 1. The molecule has 20 heavy (non-hydrogen) atoms. The summed E-state index contributed by atoms with van der Waals surface area (Å²) in [4.78, 5) is 22.1. The molecule has 0 bridgehead atoms. The fourth-order valence-electron chi connectivity index (χ4n) is 2.03. The third-order valence-electron chi connectivity index (χ3n) is 2.89. The van der Waals surface area contributed by atoms with Gasteiger partial charge in [0.05, 0.1) is 11.3 Å². The maximum absolute atomic E-state index is 11.9. The molecule has 0 aliphatic heterocycles. The summed E-state index contributed by atoms with van der Waals surface area (Å²) >= 11 is 0. The number of nitrogens with one attached hydrogen (secondary N) is 1. The van der Waals surface area contributed by atoms with E-state index in [-0.39, 0.29) is 24.1 Å². The van der Waals surface area contributed by atoms with Crippen molar-refractivity contribution in [1.29, 1.82) is 0 Å². The second-order valence-corrected chi connectivity index (χ2v) is 5.23. The number of benzene rings is 1. The zero-order chi connectivity index (χ0) is 15.1. The van der Waals surface area contributed by atoms with E-state index in [4.69, 9.17) is 5.73 Å². The summed E-state index contributed by atoms with van der Waals surface area (Å²) in [6, 6.07) is 6.05. The van der Waals surface area contributed by atoms with E-state index in [1.807, 2.05) is 0 Å². The number of carbonyl (C=O) groups is 1. The highest BCUT2D eigenvalue weighted by atomic mass is 16.6. The van der Waals surface area contributed by atoms with Gasteiger partial charge in [-0.3, -0.25) is 14.9 Å². The van der Waals surface area contributed by atoms with Crippen molar-refractivity contribution in [3.8, 4) is 0 Å². The molecule has 0 aromatic heterocycles. The molecule has 6 heteroatoms. The van der Waals surface area contributed by atoms with Crippen LogP contribution in [0.3, 0.4) is 0 Å². The van der Waals surface area contributed by atoms with Gasteiger partial charge in [0.1, 0.15) is 0 Å². The molecular formula is C14H21N3O3. The third kappa shape index (κ3) is 5.36. The Kier molecular flexibility index (Phi) is 6.11. The van der Waals surface area contributed by atoms with Crippen LogP contribution in [0.5, 0.6) is 0 Å². The normalized spacial score (nSPS) is 12.2. The highest BCUT2D eigenvalue weighted by Crippen LogP contribution is 2.13. The van der Waals surface area contributed by atoms with Crippen LogP contribution in [0, 0.1) is 16.0 Å². The molecule has 1 aromatic rings. The average molecular weight is 279 g/mol. The average Bonchev–Trinajstić information content (AvgIpc) is 2.37. The standard InChI is InChI=1S/C14H21N3O3/c1-10(2)6-12(9-15)16-14(18)8-11-4-3-5-13(7-11)17(19)20/h3-5,7,10,12H,6,8-9,15H2,1-2H3,(H,16,18). The van der Waals surface area contributed by atoms with Gasteiger partial charge in [-0.05, 0) is 17.9 Å². The number of nitrogens with two attached hydrogens (primary N) is 1. The van der Waals surface area contributed by atoms with E-state index in [9.17, 15) is 14.9 Å². The van der Waals surface area contributed by atoms with E-state index in [0.717, 1.165) is 6.42 Å². The molecule has 0 aliphatic carbocycles. The number of nitrogens with zero attached hydrogens (tertiary/aromatic N) is 1. The Balaban J connectivity index is 2.61. The van der Waals surface area contributed by atoms with Crippen molar-refractivity contribution in [2.75, 3.05) is 6.54 Å². The van der Waals surface area contributed by atoms with Crippen LogP contribution in [0.4, 0.5) is 5.69 Å². The minimum Gasteiger partial charge on any atom is -0.352 e. The second kappa shape index (κ2) is 7.59. The van der Waals surface area contributed by atoms with Crippen LogP contribution >= 0.6 is 0 Å². The Morgan fingerprint density at radius 1 is 1.45 bits per heavy atom. The molecular weight excluding hydrogens is 258 g/mol. The SMILES string of the molecule is CC(C)CC(CN)NC(=O)Cc1cccc([N+](=O)[O-])c1. The number of rotatable bonds is 7. The number of amides is 1. The summed E-state index contributed by atoms with van der Waals surface area (Å²) in [6.07, 6.45) is 0.938. The lowest BCUT2D eigenvalue weighted by Crippen LogP contribution is -2.41. The zero-order valence-electron chi connectivity index (χ0n) is 11.8. The first kappa shape index (κ1) is 16.1. The first-order valence-corrected chi connectivity index (χ1v) is 6.65. The largest absolute Gasteiger partial charge is 0.352 e. The Morgan fingerprint density at radius 3 is 2.70 bits per heavy atom. The molecule has 110 valence electrons. The molecule has 0 radical (unpaired) electrons. The van der Waals surface area contributed by atoms with Crippen LogP contribution in [0.25, 0.3) is 0 Å². The quantitative estimate of drug-likeness (QED) is 0.585. The molecule has 1 atom stereocenters. The molecule has 0 fully saturated rings. The predicted octanol–water partition coefficient (Wildman–Crippen LogP) is 1.63. The monoisotopic (exact) mass is 279 g/mol. The van der Waals surface area contributed by atoms with Crippen molar-refractivity contribution in [3.05, 3.63) is 39.9 Å². The zero-order valence-corrected chi connectivity index (χ0v) is 11.8. The van der Waals surface area contributed by atoms with E-state index in [1.165, 1.54) is 12.1 Å². The molecule has 0 aliphatic rings. The number of hydrogen-bond donors (Lipinski definition) is 2. The lowest BCUT2D eigenvalue weighted by atomic mass is 10.0. The van der Waals surface area contributed by atoms with Crippen LogP contribution in [-0.4, -0.2) is 23.4 Å². The highest BCUT2D eigenvalue weighted by molar-refractivity contribution is 5.79. The summed E-state index contributed by atoms with van der Waals surface area (Å²) in [5, 5.41) is 13.5. The van der Waals surface area contributed by atoms with Gasteiger partial charge < -0.3 is 11.1 Å². The Labute approximate surface area is 118 Å². The van der Waals surface area contributed by atoms with Gasteiger partial charge in [0.2, 0.25) is 5.91 Å². The van der Waals surface area contributed by atoms with Crippen LogP contribution < -0.4 is 11.1 Å². The van der Waals surface area contributed by atoms with Gasteiger partial charge in [-0.1, -0.05) is 26.0 Å². The van der Waals surface area contributed by atoms with Crippen LogP contribution in [-0.2, 0) is 11.2 Å². The van der Waals surface area contributed by atoms with Gasteiger partial charge in [0.15, 0.2) is 0 Å². The third-order valence-corrected chi connectivity index (χ3v) is 2.89. The summed E-state index contributed by atoms with van der Waals surface area (Å²) in [7, 11) is 0. The van der Waals surface area contributed by atoms with Crippen molar-refractivity contribution in [1.82, 2.24) is 5.32 Å². The van der Waals surface area contributed by atoms with Crippen LogP contribution in [0.1, 0.15) is 25.8 Å². The smallest absolute Gasteiger partial charge is 0.269 e. The molecule has 0 saturated carbocycles. The molecule has 3 N–H and O–H groups in total. The topological polar surface area (TPSA) is 98.3 Å². The first-order valence-electron chi connectivity index (χ1n) is 6.65. The lowest BCUT2D eigenvalue weighted by molar-refractivity contribution is -0.384. The van der Waals surface area contributed by atoms with Crippen molar-refractivity contribution in [2.24, 2.45) is 11.7 Å². The summed E-state index contributed by atoms with van der Waals surface area (Å²) < 4.78 is 0. The molecule has 1 aromatic carbocycles. The van der Waals surface area contributed by atoms with Gasteiger partial charge in [-0.25, -0.2) is 0 Å². The van der Waals surface area contributed by atoms with Crippen molar-refractivity contribution < 1.29 is 9.72 Å². The minimum absolute atomic E-state index is 0.00662. The summed E-state index contributed by atoms with van der Waals surface area (Å²) in [5.74, 6) is 0.281. The van der Waals surface area contributed by atoms with Gasteiger partial charge in [-0.2, -0.15) is 0 Å². The van der Waals surface area contributed by atoms with Crippen LogP contribution in [0.2, 0.25) is 0 Å². The van der Waals surface area contributed by atoms with Crippen LogP contribution in [0.15, 0.2) is 24.3 Å². The van der Waals surface area contributed by atoms with Crippen molar-refractivity contribution >= 4 is 11.6 Å². The first-order chi connectivity index (χ1) is 9.42. The molecule has 1 amide bonds. The van der Waals surface area contributed by atoms with Crippen molar-refractivity contribution in [3.63, 3.8) is 0 Å². The molecule has 0 spiro atoms. The second-order valence-electron chi connectivity index (χ2n) is 5.23. The molecule has 1 rings (SSSR count). The fourth-order valence-corrected chi connectivity index (χ4v) is 2.03. The number of hydrogen-bond acceptors (Lipinski definition) is 4. The number of non-ortho nitro benzene ring substituents is 1. The van der Waals surface area contributed by atoms with Gasteiger partial charge in [0, 0.05) is 24.7 Å². The molecule has 6 nitrogen and oxygen atoms in total. The maximum Gasteiger partial charge on any atom is 0.269 e. The van der Waals surface area contributed by atoms with E-state index < -0.39 is 4.92 Å². The lowest BCUT2D eigenvalue weighted by Gasteiger charge is -2.18. The van der Waals surface area contributed by atoms with E-state index in [0.29, 0.717) is 18.0 Å². The van der Waals surface area contributed by atoms with Crippen molar-refractivity contribution in [2.45, 2.75) is 32.7 Å². The van der Waals surface area contributed by atoms with E-state index in [1.54, 1.807) is 12.1 Å². The molecule has 0 saturated heterocycles. The molecule has 0 heterocycles. The maximum atomic E-state index is 11.9. The summed E-state index contributed by atoms with van der Waals surface area (Å²) in [6.45, 7) is 4.52. The Morgan fingerprint density at radius 2 is 2.15 bits per heavy atom. The minimum atomic E-state index is -0.469. The number of nitro groups is 1. The van der Waals surface area contributed by atoms with Gasteiger partial charge in [-0.15, -0.1) is 0 Å². The van der Waals surface area contributed by atoms with E-state index >= 15 is 0 Å². The fraction of sp³-hybridized carbons (Fsp3) is 0.500. The highest BCUT2D eigenvalue weighted by Gasteiger charge is 2.14. The Hall–Kier alpha value is -1.95. The Bertz CT molecular complexity index is 474. The number of carbonyl (C=O) groups excluding carboxylic acids is 1.